The smallest absolute Gasteiger partial charge is 0.176 e. The van der Waals surface area contributed by atoms with E-state index >= 15 is 0 Å². The van der Waals surface area contributed by atoms with Crippen LogP contribution in [0.5, 0.6) is 0 Å². The van der Waals surface area contributed by atoms with E-state index < -0.39 is 0 Å². The molecule has 1 aliphatic rings. The van der Waals surface area contributed by atoms with Crippen LogP contribution < -0.4 is 0 Å². The molecule has 0 N–H and O–H groups in total. The van der Waals surface area contributed by atoms with Gasteiger partial charge in [0.15, 0.2) is 5.78 Å². The van der Waals surface area contributed by atoms with Crippen molar-refractivity contribution in [1.29, 1.82) is 0 Å². The highest BCUT2D eigenvalue weighted by Crippen LogP contribution is 2.24. The summed E-state index contributed by atoms with van der Waals surface area (Å²) in [5.41, 5.74) is 0.643. The van der Waals surface area contributed by atoms with Crippen molar-refractivity contribution in [2.45, 2.75) is 19.8 Å². The highest BCUT2D eigenvalue weighted by Gasteiger charge is 2.23. The average molecular weight is 286 g/mol. The Labute approximate surface area is 118 Å². The van der Waals surface area contributed by atoms with E-state index in [1.165, 1.54) is 12.8 Å². The van der Waals surface area contributed by atoms with Crippen LogP contribution in [0.15, 0.2) is 18.2 Å². The number of carbonyl (C=O) groups is 1. The molecule has 98 valence electrons. The summed E-state index contributed by atoms with van der Waals surface area (Å²) in [6.45, 7) is 4.73. The summed E-state index contributed by atoms with van der Waals surface area (Å²) < 4.78 is 0. The van der Waals surface area contributed by atoms with Crippen LogP contribution in [-0.2, 0) is 0 Å². The first-order valence-corrected chi connectivity index (χ1v) is 7.06. The molecular formula is C14H17Cl2NO. The van der Waals surface area contributed by atoms with E-state index in [9.17, 15) is 4.79 Å². The Morgan fingerprint density at radius 3 is 2.78 bits per heavy atom. The minimum absolute atomic E-state index is 0.116. The lowest BCUT2D eigenvalue weighted by atomic mass is 10.1. The molecule has 0 aromatic heterocycles. The van der Waals surface area contributed by atoms with Gasteiger partial charge in [-0.2, -0.15) is 0 Å². The van der Waals surface area contributed by atoms with E-state index in [2.05, 4.69) is 11.8 Å². The van der Waals surface area contributed by atoms with Crippen molar-refractivity contribution >= 4 is 29.0 Å². The summed E-state index contributed by atoms with van der Waals surface area (Å²) in [5.74, 6) is 0.858. The molecule has 1 unspecified atom stereocenters. The predicted octanol–water partition coefficient (Wildman–Crippen LogP) is 3.91. The first kappa shape index (κ1) is 13.9. The number of carbonyl (C=O) groups excluding carboxylic acids is 1. The quantitative estimate of drug-likeness (QED) is 0.782. The lowest BCUT2D eigenvalue weighted by Crippen LogP contribution is -2.27. The van der Waals surface area contributed by atoms with Gasteiger partial charge in [0.1, 0.15) is 0 Å². The first-order valence-electron chi connectivity index (χ1n) is 6.30. The fraction of sp³-hybridized carbons (Fsp3) is 0.500. The SMILES string of the molecule is CCC1CCN(CC(=O)c2ccc(Cl)c(Cl)c2)C1. The van der Waals surface area contributed by atoms with Crippen LogP contribution in [0.25, 0.3) is 0 Å². The van der Waals surface area contributed by atoms with E-state index in [4.69, 9.17) is 23.2 Å². The molecule has 1 aromatic rings. The molecule has 0 radical (unpaired) electrons. The fourth-order valence-corrected chi connectivity index (χ4v) is 2.65. The maximum Gasteiger partial charge on any atom is 0.176 e. The van der Waals surface area contributed by atoms with Gasteiger partial charge in [-0.15, -0.1) is 0 Å². The van der Waals surface area contributed by atoms with Crippen molar-refractivity contribution in [3.63, 3.8) is 0 Å². The monoisotopic (exact) mass is 285 g/mol. The molecule has 1 atom stereocenters. The van der Waals surface area contributed by atoms with Crippen LogP contribution in [-0.4, -0.2) is 30.3 Å². The number of rotatable bonds is 4. The molecule has 1 fully saturated rings. The van der Waals surface area contributed by atoms with E-state index in [1.807, 2.05) is 0 Å². The summed E-state index contributed by atoms with van der Waals surface area (Å²) in [7, 11) is 0. The molecule has 1 heterocycles. The summed E-state index contributed by atoms with van der Waals surface area (Å²) in [5, 5.41) is 0.927. The highest BCUT2D eigenvalue weighted by molar-refractivity contribution is 6.42. The van der Waals surface area contributed by atoms with E-state index in [1.54, 1.807) is 18.2 Å². The van der Waals surface area contributed by atoms with Crippen LogP contribution in [0.1, 0.15) is 30.1 Å². The van der Waals surface area contributed by atoms with E-state index in [-0.39, 0.29) is 5.78 Å². The molecule has 2 rings (SSSR count). The van der Waals surface area contributed by atoms with Crippen LogP contribution >= 0.6 is 23.2 Å². The summed E-state index contributed by atoms with van der Waals surface area (Å²) >= 11 is 11.8. The van der Waals surface area contributed by atoms with Crippen LogP contribution in [0.4, 0.5) is 0 Å². The molecule has 1 aliphatic heterocycles. The lowest BCUT2D eigenvalue weighted by molar-refractivity contribution is 0.0943. The second kappa shape index (κ2) is 6.05. The molecule has 18 heavy (non-hydrogen) atoms. The molecule has 0 aliphatic carbocycles. The number of halogens is 2. The van der Waals surface area contributed by atoms with Crippen LogP contribution in [0.2, 0.25) is 10.0 Å². The Balaban J connectivity index is 1.97. The maximum absolute atomic E-state index is 12.1. The lowest BCUT2D eigenvalue weighted by Gasteiger charge is -2.14. The molecule has 0 bridgehead atoms. The second-order valence-corrected chi connectivity index (χ2v) is 5.66. The van der Waals surface area contributed by atoms with Crippen molar-refractivity contribution in [3.8, 4) is 0 Å². The van der Waals surface area contributed by atoms with Crippen molar-refractivity contribution < 1.29 is 4.79 Å². The summed E-state index contributed by atoms with van der Waals surface area (Å²) in [4.78, 5) is 14.3. The standard InChI is InChI=1S/C14H17Cl2NO/c1-2-10-5-6-17(8-10)9-14(18)11-3-4-12(15)13(16)7-11/h3-4,7,10H,2,5-6,8-9H2,1H3. The number of likely N-dealkylation sites (tertiary alicyclic amines) is 1. The molecular weight excluding hydrogens is 269 g/mol. The Bertz CT molecular complexity index is 447. The zero-order valence-corrected chi connectivity index (χ0v) is 12.0. The van der Waals surface area contributed by atoms with Gasteiger partial charge in [0.2, 0.25) is 0 Å². The third-order valence-electron chi connectivity index (χ3n) is 3.56. The Morgan fingerprint density at radius 2 is 2.17 bits per heavy atom. The number of hydrogen-bond donors (Lipinski definition) is 0. The summed E-state index contributed by atoms with van der Waals surface area (Å²) in [6.07, 6.45) is 2.39. The van der Waals surface area contributed by atoms with Gasteiger partial charge in [-0.1, -0.05) is 36.5 Å². The molecule has 1 saturated heterocycles. The van der Waals surface area contributed by atoms with Gasteiger partial charge in [0, 0.05) is 12.1 Å². The molecule has 0 spiro atoms. The topological polar surface area (TPSA) is 20.3 Å². The van der Waals surface area contributed by atoms with Gasteiger partial charge in [-0.05, 0) is 37.1 Å². The van der Waals surface area contributed by atoms with E-state index in [0.717, 1.165) is 19.0 Å². The average Bonchev–Trinajstić information content (AvgIpc) is 2.80. The first-order chi connectivity index (χ1) is 8.60. The van der Waals surface area contributed by atoms with Crippen molar-refractivity contribution in [3.05, 3.63) is 33.8 Å². The maximum atomic E-state index is 12.1. The van der Waals surface area contributed by atoms with Gasteiger partial charge in [0.05, 0.1) is 16.6 Å². The molecule has 2 nitrogen and oxygen atoms in total. The molecule has 0 saturated carbocycles. The highest BCUT2D eigenvalue weighted by atomic mass is 35.5. The van der Waals surface area contributed by atoms with Crippen molar-refractivity contribution in [2.24, 2.45) is 5.92 Å². The van der Waals surface area contributed by atoms with Gasteiger partial charge in [-0.3, -0.25) is 9.69 Å². The molecule has 4 heteroatoms. The minimum atomic E-state index is 0.116. The van der Waals surface area contributed by atoms with Crippen LogP contribution in [0.3, 0.4) is 0 Å². The Hall–Kier alpha value is -0.570. The number of benzene rings is 1. The third-order valence-corrected chi connectivity index (χ3v) is 4.30. The number of hydrogen-bond acceptors (Lipinski definition) is 2. The van der Waals surface area contributed by atoms with Crippen molar-refractivity contribution in [2.75, 3.05) is 19.6 Å². The molecule has 1 aromatic carbocycles. The normalized spacial score (nSPS) is 20.3. The van der Waals surface area contributed by atoms with Gasteiger partial charge < -0.3 is 0 Å². The van der Waals surface area contributed by atoms with Gasteiger partial charge in [-0.25, -0.2) is 0 Å². The van der Waals surface area contributed by atoms with Gasteiger partial charge in [0.25, 0.3) is 0 Å². The molecule has 0 amide bonds. The largest absolute Gasteiger partial charge is 0.296 e. The number of ketones is 1. The van der Waals surface area contributed by atoms with Gasteiger partial charge >= 0.3 is 0 Å². The Morgan fingerprint density at radius 1 is 1.39 bits per heavy atom. The van der Waals surface area contributed by atoms with Crippen molar-refractivity contribution in [1.82, 2.24) is 4.90 Å². The summed E-state index contributed by atoms with van der Waals surface area (Å²) in [6, 6.07) is 5.07. The predicted molar refractivity (Wildman–Crippen MR) is 75.6 cm³/mol. The number of nitrogens with zero attached hydrogens (tertiary/aromatic N) is 1. The fourth-order valence-electron chi connectivity index (χ4n) is 2.35. The number of Topliss-reactive ketones (excluding diaryl/α,β-unsaturated/α-hetero) is 1. The third kappa shape index (κ3) is 3.25. The van der Waals surface area contributed by atoms with E-state index in [0.29, 0.717) is 22.2 Å². The zero-order valence-electron chi connectivity index (χ0n) is 10.5. The zero-order chi connectivity index (χ0) is 13.1. The second-order valence-electron chi connectivity index (χ2n) is 4.85. The minimum Gasteiger partial charge on any atom is -0.296 e. The van der Waals surface area contributed by atoms with Crippen LogP contribution in [0, 0.1) is 5.92 Å². The Kier molecular flexibility index (Phi) is 4.66.